The van der Waals surface area contributed by atoms with Gasteiger partial charge in [-0.3, -0.25) is 0 Å². The molecule has 20 heavy (non-hydrogen) atoms. The Kier molecular flexibility index (Phi) is 2.81. The van der Waals surface area contributed by atoms with Crippen LogP contribution in [0.1, 0.15) is 46.5 Å². The Bertz CT molecular complexity index is 411. The molecule has 0 unspecified atom stereocenters. The van der Waals surface area contributed by atoms with E-state index in [0.29, 0.717) is 11.8 Å². The highest BCUT2D eigenvalue weighted by Crippen LogP contribution is 2.60. The molecule has 0 aromatic carbocycles. The molecule has 114 valence electrons. The summed E-state index contributed by atoms with van der Waals surface area (Å²) in [5, 5.41) is 10.2. The zero-order valence-electron chi connectivity index (χ0n) is 12.4. The van der Waals surface area contributed by atoms with Crippen molar-refractivity contribution in [3.05, 3.63) is 0 Å². The first-order chi connectivity index (χ1) is 9.46. The third-order valence-electron chi connectivity index (χ3n) is 6.12. The predicted octanol–water partition coefficient (Wildman–Crippen LogP) is 2.19. The Morgan fingerprint density at radius 1 is 1.05 bits per heavy atom. The Morgan fingerprint density at radius 2 is 1.85 bits per heavy atom. The molecule has 5 aliphatic rings. The van der Waals surface area contributed by atoms with Crippen molar-refractivity contribution < 1.29 is 24.4 Å². The second kappa shape index (κ2) is 4.17. The van der Waals surface area contributed by atoms with Crippen LogP contribution in [-0.4, -0.2) is 29.1 Å². The maximum Gasteiger partial charge on any atom is 0.201 e. The van der Waals surface area contributed by atoms with Crippen LogP contribution in [0, 0.1) is 23.7 Å². The lowest BCUT2D eigenvalue weighted by atomic mass is 9.58. The SMILES string of the molecule is C[C@H]1[C@@H](O)O[C@@H]2O[C@]3(C)CC[C@@H]4[C@H](C)CC[C@@H]1[C@@]24OO3. The van der Waals surface area contributed by atoms with E-state index in [1.54, 1.807) is 0 Å². The smallest absolute Gasteiger partial charge is 0.201 e. The van der Waals surface area contributed by atoms with Gasteiger partial charge in [-0.15, -0.1) is 0 Å². The van der Waals surface area contributed by atoms with Gasteiger partial charge in [-0.05, 0) is 38.0 Å². The van der Waals surface area contributed by atoms with Gasteiger partial charge in [-0.2, -0.15) is 0 Å². The van der Waals surface area contributed by atoms with Crippen molar-refractivity contribution >= 4 is 0 Å². The van der Waals surface area contributed by atoms with E-state index in [-0.39, 0.29) is 11.8 Å². The van der Waals surface area contributed by atoms with Crippen molar-refractivity contribution in [3.63, 3.8) is 0 Å². The summed E-state index contributed by atoms with van der Waals surface area (Å²) in [6.07, 6.45) is 2.72. The minimum absolute atomic E-state index is 0.0379. The number of rotatable bonds is 0. The molecular formula is C15H24O5. The van der Waals surface area contributed by atoms with Crippen molar-refractivity contribution in [3.8, 4) is 0 Å². The molecule has 0 amide bonds. The topological polar surface area (TPSA) is 57.2 Å². The Hall–Kier alpha value is -0.200. The molecule has 4 aliphatic heterocycles. The lowest BCUT2D eigenvalue weighted by molar-refractivity contribution is -0.576. The van der Waals surface area contributed by atoms with Gasteiger partial charge in [0.2, 0.25) is 5.79 Å². The first-order valence-corrected chi connectivity index (χ1v) is 7.84. The van der Waals surface area contributed by atoms with E-state index in [2.05, 4.69) is 6.92 Å². The minimum atomic E-state index is -0.781. The number of hydrogen-bond donors (Lipinski definition) is 1. The summed E-state index contributed by atoms with van der Waals surface area (Å²) < 4.78 is 11.9. The largest absolute Gasteiger partial charge is 0.368 e. The fourth-order valence-electron chi connectivity index (χ4n) is 4.89. The zero-order chi connectivity index (χ0) is 14.1. The summed E-state index contributed by atoms with van der Waals surface area (Å²) in [6.45, 7) is 6.22. The molecule has 5 heteroatoms. The fraction of sp³-hybridized carbons (Fsp3) is 1.00. The van der Waals surface area contributed by atoms with E-state index in [1.165, 1.54) is 6.42 Å². The van der Waals surface area contributed by atoms with Gasteiger partial charge in [0.05, 0.1) is 0 Å². The van der Waals surface area contributed by atoms with E-state index in [0.717, 1.165) is 19.3 Å². The van der Waals surface area contributed by atoms with Gasteiger partial charge in [-0.25, -0.2) is 9.78 Å². The highest BCUT2D eigenvalue weighted by atomic mass is 17.3. The van der Waals surface area contributed by atoms with Gasteiger partial charge in [0.15, 0.2) is 18.2 Å². The average Bonchev–Trinajstić information content (AvgIpc) is 2.63. The van der Waals surface area contributed by atoms with Crippen LogP contribution in [0.2, 0.25) is 0 Å². The average molecular weight is 284 g/mol. The van der Waals surface area contributed by atoms with Crippen LogP contribution in [0.25, 0.3) is 0 Å². The van der Waals surface area contributed by atoms with E-state index >= 15 is 0 Å². The molecular weight excluding hydrogens is 260 g/mol. The van der Waals surface area contributed by atoms with Gasteiger partial charge in [-0.1, -0.05) is 13.8 Å². The second-order valence-corrected chi connectivity index (χ2v) is 7.30. The van der Waals surface area contributed by atoms with Crippen LogP contribution in [0.15, 0.2) is 0 Å². The third-order valence-corrected chi connectivity index (χ3v) is 6.12. The minimum Gasteiger partial charge on any atom is -0.368 e. The van der Waals surface area contributed by atoms with Crippen LogP contribution < -0.4 is 0 Å². The van der Waals surface area contributed by atoms with Crippen molar-refractivity contribution in [1.29, 1.82) is 0 Å². The highest BCUT2D eigenvalue weighted by Gasteiger charge is 2.69. The molecule has 1 saturated carbocycles. The van der Waals surface area contributed by atoms with Crippen molar-refractivity contribution in [2.75, 3.05) is 0 Å². The summed E-state index contributed by atoms with van der Waals surface area (Å²) in [6, 6.07) is 0. The molecule has 5 nitrogen and oxygen atoms in total. The summed E-state index contributed by atoms with van der Waals surface area (Å²) in [5.41, 5.74) is -0.549. The monoisotopic (exact) mass is 284 g/mol. The summed E-state index contributed by atoms with van der Waals surface area (Å²) >= 11 is 0. The van der Waals surface area contributed by atoms with Gasteiger partial charge in [0, 0.05) is 18.3 Å². The highest BCUT2D eigenvalue weighted by molar-refractivity contribution is 5.08. The second-order valence-electron chi connectivity index (χ2n) is 7.30. The lowest BCUT2D eigenvalue weighted by Crippen LogP contribution is -2.70. The molecule has 4 heterocycles. The molecule has 0 aromatic heterocycles. The van der Waals surface area contributed by atoms with Crippen molar-refractivity contribution in [2.24, 2.45) is 23.7 Å². The van der Waals surface area contributed by atoms with Crippen LogP contribution in [0.3, 0.4) is 0 Å². The van der Waals surface area contributed by atoms with E-state index in [4.69, 9.17) is 19.2 Å². The van der Waals surface area contributed by atoms with E-state index in [1.807, 2.05) is 13.8 Å². The third kappa shape index (κ3) is 1.56. The Labute approximate surface area is 119 Å². The molecule has 1 N–H and O–H groups in total. The standard InChI is InChI=1S/C15H24O5/c1-8-4-5-11-9(2)12(16)17-13-15(11)10(8)6-7-14(3,18-13)19-20-15/h8-13,16H,4-7H2,1-3H3/t8-,9-,10-,11+,12+,13-,14+,15-/m1/s1. The molecule has 0 radical (unpaired) electrons. The number of ether oxygens (including phenoxy) is 2. The summed E-state index contributed by atoms with van der Waals surface area (Å²) in [4.78, 5) is 11.6. The number of aliphatic hydroxyl groups excluding tert-OH is 1. The van der Waals surface area contributed by atoms with Gasteiger partial charge in [0.1, 0.15) is 0 Å². The van der Waals surface area contributed by atoms with Gasteiger partial charge >= 0.3 is 0 Å². The van der Waals surface area contributed by atoms with E-state index in [9.17, 15) is 5.11 Å². The van der Waals surface area contributed by atoms with Crippen LogP contribution >= 0.6 is 0 Å². The maximum absolute atomic E-state index is 10.2. The van der Waals surface area contributed by atoms with Crippen LogP contribution in [0.4, 0.5) is 0 Å². The lowest BCUT2D eigenvalue weighted by Gasteiger charge is -2.59. The van der Waals surface area contributed by atoms with Crippen LogP contribution in [0.5, 0.6) is 0 Å². The summed E-state index contributed by atoms with van der Waals surface area (Å²) in [5.74, 6) is 0.437. The number of aliphatic hydroxyl groups is 1. The maximum atomic E-state index is 10.2. The quantitative estimate of drug-likeness (QED) is 0.691. The Morgan fingerprint density at radius 3 is 2.65 bits per heavy atom. The first-order valence-electron chi connectivity index (χ1n) is 7.84. The normalized spacial score (nSPS) is 61.8. The van der Waals surface area contributed by atoms with Crippen LogP contribution in [-0.2, 0) is 19.2 Å². The Balaban J connectivity index is 1.82. The predicted molar refractivity (Wildman–Crippen MR) is 69.0 cm³/mol. The zero-order valence-corrected chi connectivity index (χ0v) is 12.4. The van der Waals surface area contributed by atoms with Gasteiger partial charge < -0.3 is 14.6 Å². The fourth-order valence-corrected chi connectivity index (χ4v) is 4.89. The number of fused-ring (bicyclic) bond motifs is 2. The molecule has 4 saturated heterocycles. The molecule has 1 aliphatic carbocycles. The molecule has 2 bridgehead atoms. The van der Waals surface area contributed by atoms with Crippen molar-refractivity contribution in [2.45, 2.75) is 70.4 Å². The van der Waals surface area contributed by atoms with Gasteiger partial charge in [0.25, 0.3) is 0 Å². The number of hydrogen-bond acceptors (Lipinski definition) is 5. The molecule has 0 aromatic rings. The summed E-state index contributed by atoms with van der Waals surface area (Å²) in [7, 11) is 0. The molecule has 1 spiro atoms. The first kappa shape index (κ1) is 13.5. The molecule has 5 fully saturated rings. The van der Waals surface area contributed by atoms with E-state index < -0.39 is 24.0 Å². The van der Waals surface area contributed by atoms with Crippen molar-refractivity contribution in [1.82, 2.24) is 0 Å². The molecule has 5 rings (SSSR count). The molecule has 8 atom stereocenters.